The number of carbonyl (C=O) groups is 3. The second kappa shape index (κ2) is 10.9. The molecule has 1 atom stereocenters. The van der Waals surface area contributed by atoms with E-state index in [1.807, 2.05) is 6.92 Å². The molecule has 2 N–H and O–H groups in total. The zero-order valence-electron chi connectivity index (χ0n) is 18.6. The van der Waals surface area contributed by atoms with Crippen molar-refractivity contribution < 1.29 is 28.4 Å². The lowest BCUT2D eigenvalue weighted by molar-refractivity contribution is -0.129. The molecule has 3 amide bonds. The Morgan fingerprint density at radius 3 is 2.48 bits per heavy atom. The number of hydrogen-bond donors (Lipinski definition) is 2. The fourth-order valence-corrected chi connectivity index (χ4v) is 3.03. The van der Waals surface area contributed by atoms with Crippen molar-refractivity contribution in [2.24, 2.45) is 0 Å². The Labute approximate surface area is 191 Å². The van der Waals surface area contributed by atoms with E-state index in [1.54, 1.807) is 62.4 Å². The van der Waals surface area contributed by atoms with Crippen molar-refractivity contribution in [3.63, 3.8) is 0 Å². The standard InChI is InChI=1S/C24H25N3O6/c1-4-25-24(30)26-22(28)21(17-9-6-5-7-10-17)32-23(29)18-11-8-12-19(13-18)31-14-20-15(2)27-33-16(20)3/h5-13,21H,4,14H2,1-3H3,(H2,25,26,28,30). The molecule has 1 heterocycles. The average molecular weight is 451 g/mol. The van der Waals surface area contributed by atoms with Gasteiger partial charge in [-0.05, 0) is 39.0 Å². The summed E-state index contributed by atoms with van der Waals surface area (Å²) >= 11 is 0. The monoisotopic (exact) mass is 451 g/mol. The molecule has 9 heteroatoms. The van der Waals surface area contributed by atoms with Crippen LogP contribution in [-0.2, 0) is 16.1 Å². The Balaban J connectivity index is 1.74. The number of carbonyl (C=O) groups excluding carboxylic acids is 3. The summed E-state index contributed by atoms with van der Waals surface area (Å²) in [5.41, 5.74) is 2.18. The molecular weight excluding hydrogens is 426 g/mol. The quantitative estimate of drug-likeness (QED) is 0.502. The molecule has 0 aliphatic heterocycles. The highest BCUT2D eigenvalue weighted by Gasteiger charge is 2.27. The van der Waals surface area contributed by atoms with Crippen molar-refractivity contribution in [2.75, 3.05) is 6.54 Å². The second-order valence-corrected chi connectivity index (χ2v) is 7.16. The van der Waals surface area contributed by atoms with E-state index in [2.05, 4.69) is 15.8 Å². The molecule has 3 rings (SSSR count). The Morgan fingerprint density at radius 1 is 1.06 bits per heavy atom. The van der Waals surface area contributed by atoms with Crippen molar-refractivity contribution in [1.29, 1.82) is 0 Å². The highest BCUT2D eigenvalue weighted by Crippen LogP contribution is 2.22. The number of rotatable bonds is 8. The number of urea groups is 1. The summed E-state index contributed by atoms with van der Waals surface area (Å²) in [7, 11) is 0. The van der Waals surface area contributed by atoms with E-state index >= 15 is 0 Å². The van der Waals surface area contributed by atoms with Gasteiger partial charge in [-0.2, -0.15) is 0 Å². The number of esters is 1. The summed E-state index contributed by atoms with van der Waals surface area (Å²) in [5, 5.41) is 8.55. The molecule has 0 aliphatic rings. The maximum atomic E-state index is 12.9. The topological polar surface area (TPSA) is 120 Å². The Kier molecular flexibility index (Phi) is 7.80. The first kappa shape index (κ1) is 23.5. The number of ether oxygens (including phenoxy) is 2. The molecule has 0 aliphatic carbocycles. The maximum Gasteiger partial charge on any atom is 0.339 e. The molecule has 0 bridgehead atoms. The van der Waals surface area contributed by atoms with Gasteiger partial charge in [0, 0.05) is 12.1 Å². The summed E-state index contributed by atoms with van der Waals surface area (Å²) in [6, 6.07) is 14.2. The summed E-state index contributed by atoms with van der Waals surface area (Å²) in [6.45, 7) is 5.90. The molecule has 1 unspecified atom stereocenters. The van der Waals surface area contributed by atoms with E-state index in [0.717, 1.165) is 11.3 Å². The lowest BCUT2D eigenvalue weighted by Gasteiger charge is -2.18. The predicted octanol–water partition coefficient (Wildman–Crippen LogP) is 3.61. The first-order valence-corrected chi connectivity index (χ1v) is 10.4. The van der Waals surface area contributed by atoms with Crippen molar-refractivity contribution in [2.45, 2.75) is 33.5 Å². The van der Waals surface area contributed by atoms with Gasteiger partial charge in [0.25, 0.3) is 5.91 Å². The SMILES string of the molecule is CCNC(=O)NC(=O)C(OC(=O)c1cccc(OCc2c(C)noc2C)c1)c1ccccc1. The molecule has 3 aromatic rings. The Morgan fingerprint density at radius 2 is 1.82 bits per heavy atom. The van der Waals surface area contributed by atoms with E-state index in [1.165, 1.54) is 6.07 Å². The minimum Gasteiger partial charge on any atom is -0.489 e. The summed E-state index contributed by atoms with van der Waals surface area (Å²) in [6.07, 6.45) is -1.31. The molecule has 0 fully saturated rings. The number of hydrogen-bond acceptors (Lipinski definition) is 7. The average Bonchev–Trinajstić information content (AvgIpc) is 3.13. The van der Waals surface area contributed by atoms with Crippen LogP contribution < -0.4 is 15.4 Å². The Bertz CT molecular complexity index is 1110. The number of nitrogens with zero attached hydrogens (tertiary/aromatic N) is 1. The molecule has 33 heavy (non-hydrogen) atoms. The number of nitrogens with one attached hydrogen (secondary N) is 2. The van der Waals surface area contributed by atoms with Crippen LogP contribution in [0.4, 0.5) is 4.79 Å². The third-order valence-corrected chi connectivity index (χ3v) is 4.77. The molecule has 2 aromatic carbocycles. The van der Waals surface area contributed by atoms with Crippen LogP contribution in [0.3, 0.4) is 0 Å². The van der Waals surface area contributed by atoms with Crippen LogP contribution in [0, 0.1) is 13.8 Å². The van der Waals surface area contributed by atoms with Crippen molar-refractivity contribution in [3.8, 4) is 5.75 Å². The number of amides is 3. The third kappa shape index (κ3) is 6.19. The van der Waals surface area contributed by atoms with Gasteiger partial charge < -0.3 is 19.3 Å². The molecule has 0 spiro atoms. The van der Waals surface area contributed by atoms with Gasteiger partial charge in [-0.3, -0.25) is 10.1 Å². The number of aromatic nitrogens is 1. The van der Waals surface area contributed by atoms with Crippen molar-refractivity contribution >= 4 is 17.9 Å². The van der Waals surface area contributed by atoms with E-state index < -0.39 is 24.0 Å². The zero-order valence-corrected chi connectivity index (χ0v) is 18.6. The van der Waals surface area contributed by atoms with E-state index in [4.69, 9.17) is 14.0 Å². The van der Waals surface area contributed by atoms with Gasteiger partial charge >= 0.3 is 12.0 Å². The van der Waals surface area contributed by atoms with Crippen LogP contribution in [-0.4, -0.2) is 29.6 Å². The van der Waals surface area contributed by atoms with Gasteiger partial charge in [0.2, 0.25) is 6.10 Å². The fourth-order valence-electron chi connectivity index (χ4n) is 3.03. The van der Waals surface area contributed by atoms with Crippen LogP contribution in [0.2, 0.25) is 0 Å². The maximum absolute atomic E-state index is 12.9. The van der Waals surface area contributed by atoms with Gasteiger partial charge in [0.15, 0.2) is 0 Å². The predicted molar refractivity (Wildman–Crippen MR) is 119 cm³/mol. The van der Waals surface area contributed by atoms with Crippen LogP contribution in [0.15, 0.2) is 59.1 Å². The minimum absolute atomic E-state index is 0.193. The largest absolute Gasteiger partial charge is 0.489 e. The summed E-state index contributed by atoms with van der Waals surface area (Å²) < 4.78 is 16.4. The first-order chi connectivity index (χ1) is 15.9. The number of benzene rings is 2. The first-order valence-electron chi connectivity index (χ1n) is 10.4. The zero-order chi connectivity index (χ0) is 23.8. The van der Waals surface area contributed by atoms with Crippen LogP contribution >= 0.6 is 0 Å². The number of aryl methyl sites for hydroxylation is 2. The van der Waals surface area contributed by atoms with Gasteiger partial charge in [0.1, 0.15) is 18.1 Å². The molecule has 172 valence electrons. The molecular formula is C24H25N3O6. The highest BCUT2D eigenvalue weighted by atomic mass is 16.5. The van der Waals surface area contributed by atoms with Gasteiger partial charge in [0.05, 0.1) is 16.8 Å². The third-order valence-electron chi connectivity index (χ3n) is 4.77. The van der Waals surface area contributed by atoms with Crippen molar-refractivity contribution in [3.05, 3.63) is 82.7 Å². The van der Waals surface area contributed by atoms with Crippen LogP contribution in [0.1, 0.15) is 46.0 Å². The van der Waals surface area contributed by atoms with E-state index in [-0.39, 0.29) is 12.2 Å². The smallest absolute Gasteiger partial charge is 0.339 e. The van der Waals surface area contributed by atoms with E-state index in [0.29, 0.717) is 23.6 Å². The van der Waals surface area contributed by atoms with Crippen molar-refractivity contribution in [1.82, 2.24) is 15.8 Å². The molecule has 0 saturated heterocycles. The normalized spacial score (nSPS) is 11.4. The Hall–Kier alpha value is -4.14. The van der Waals surface area contributed by atoms with Gasteiger partial charge in [-0.25, -0.2) is 9.59 Å². The molecule has 1 aromatic heterocycles. The summed E-state index contributed by atoms with van der Waals surface area (Å²) in [5.74, 6) is -0.400. The lowest BCUT2D eigenvalue weighted by atomic mass is 10.1. The molecule has 0 saturated carbocycles. The lowest BCUT2D eigenvalue weighted by Crippen LogP contribution is -2.42. The molecule has 9 nitrogen and oxygen atoms in total. The van der Waals surface area contributed by atoms with Gasteiger partial charge in [-0.1, -0.05) is 41.6 Å². The highest BCUT2D eigenvalue weighted by molar-refractivity contribution is 5.99. The molecule has 0 radical (unpaired) electrons. The number of imide groups is 1. The minimum atomic E-state index is -1.31. The van der Waals surface area contributed by atoms with Gasteiger partial charge in [-0.15, -0.1) is 0 Å². The summed E-state index contributed by atoms with van der Waals surface area (Å²) in [4.78, 5) is 37.3. The van der Waals surface area contributed by atoms with E-state index in [9.17, 15) is 14.4 Å². The second-order valence-electron chi connectivity index (χ2n) is 7.16. The van der Waals surface area contributed by atoms with Crippen LogP contribution in [0.5, 0.6) is 5.75 Å². The van der Waals surface area contributed by atoms with Crippen LogP contribution in [0.25, 0.3) is 0 Å². The fraction of sp³-hybridized carbons (Fsp3) is 0.250.